The van der Waals surface area contributed by atoms with Gasteiger partial charge in [0.25, 0.3) is 0 Å². The fourth-order valence-corrected chi connectivity index (χ4v) is 1.56. The molecule has 1 unspecified atom stereocenters. The standard InChI is InChI=1S/C13H17FO2/c1-4-12(15)13(16-5-2)10-6-7-11(14)9(3)8-10/h6-8,13H,4-5H2,1-3H3. The molecule has 0 saturated heterocycles. The van der Waals surface area contributed by atoms with Crippen molar-refractivity contribution in [3.63, 3.8) is 0 Å². The number of carbonyl (C=O) groups excluding carboxylic acids is 1. The highest BCUT2D eigenvalue weighted by Gasteiger charge is 2.19. The van der Waals surface area contributed by atoms with Crippen LogP contribution >= 0.6 is 0 Å². The zero-order valence-electron chi connectivity index (χ0n) is 9.92. The van der Waals surface area contributed by atoms with Gasteiger partial charge in [0.15, 0.2) is 5.78 Å². The van der Waals surface area contributed by atoms with Crippen molar-refractivity contribution in [3.8, 4) is 0 Å². The minimum absolute atomic E-state index is 0.0212. The van der Waals surface area contributed by atoms with Crippen LogP contribution in [0.1, 0.15) is 37.5 Å². The molecule has 0 N–H and O–H groups in total. The first kappa shape index (κ1) is 12.8. The molecule has 16 heavy (non-hydrogen) atoms. The number of hydrogen-bond donors (Lipinski definition) is 0. The van der Waals surface area contributed by atoms with Gasteiger partial charge in [-0.25, -0.2) is 4.39 Å². The second kappa shape index (κ2) is 5.75. The van der Waals surface area contributed by atoms with E-state index in [1.807, 2.05) is 6.92 Å². The van der Waals surface area contributed by atoms with E-state index >= 15 is 0 Å². The third kappa shape index (κ3) is 2.89. The van der Waals surface area contributed by atoms with Crippen molar-refractivity contribution >= 4 is 5.78 Å². The van der Waals surface area contributed by atoms with Gasteiger partial charge < -0.3 is 4.74 Å². The first-order valence-corrected chi connectivity index (χ1v) is 5.50. The number of carbonyl (C=O) groups is 1. The lowest BCUT2D eigenvalue weighted by Gasteiger charge is -2.16. The predicted molar refractivity (Wildman–Crippen MR) is 60.8 cm³/mol. The van der Waals surface area contributed by atoms with Crippen molar-refractivity contribution < 1.29 is 13.9 Å². The van der Waals surface area contributed by atoms with E-state index in [0.29, 0.717) is 18.6 Å². The van der Waals surface area contributed by atoms with Gasteiger partial charge in [0.2, 0.25) is 0 Å². The Bertz CT molecular complexity index is 374. The highest BCUT2D eigenvalue weighted by Crippen LogP contribution is 2.22. The van der Waals surface area contributed by atoms with Gasteiger partial charge in [-0.05, 0) is 31.0 Å². The van der Waals surface area contributed by atoms with Crippen LogP contribution < -0.4 is 0 Å². The average molecular weight is 224 g/mol. The van der Waals surface area contributed by atoms with Crippen molar-refractivity contribution in [2.45, 2.75) is 33.3 Å². The van der Waals surface area contributed by atoms with Crippen molar-refractivity contribution in [1.29, 1.82) is 0 Å². The maximum atomic E-state index is 13.1. The summed E-state index contributed by atoms with van der Waals surface area (Å²) in [6.45, 7) is 5.78. The van der Waals surface area contributed by atoms with Crippen LogP contribution in [-0.2, 0) is 9.53 Å². The molecule has 0 aromatic heterocycles. The molecule has 0 saturated carbocycles. The quantitative estimate of drug-likeness (QED) is 0.767. The lowest BCUT2D eigenvalue weighted by molar-refractivity contribution is -0.130. The molecule has 0 amide bonds. The molecule has 1 aromatic rings. The number of halogens is 1. The maximum Gasteiger partial charge on any atom is 0.165 e. The molecule has 0 aliphatic carbocycles. The van der Waals surface area contributed by atoms with Crippen molar-refractivity contribution in [3.05, 3.63) is 35.1 Å². The summed E-state index contributed by atoms with van der Waals surface area (Å²) in [7, 11) is 0. The summed E-state index contributed by atoms with van der Waals surface area (Å²) in [4.78, 5) is 11.7. The van der Waals surface area contributed by atoms with E-state index in [0.717, 1.165) is 5.56 Å². The van der Waals surface area contributed by atoms with E-state index in [1.165, 1.54) is 6.07 Å². The Kier molecular flexibility index (Phi) is 4.62. The van der Waals surface area contributed by atoms with E-state index < -0.39 is 6.10 Å². The molecule has 0 fully saturated rings. The van der Waals surface area contributed by atoms with Crippen molar-refractivity contribution in [2.24, 2.45) is 0 Å². The van der Waals surface area contributed by atoms with Gasteiger partial charge >= 0.3 is 0 Å². The van der Waals surface area contributed by atoms with E-state index in [4.69, 9.17) is 4.74 Å². The lowest BCUT2D eigenvalue weighted by atomic mass is 10.0. The van der Waals surface area contributed by atoms with E-state index in [1.54, 1.807) is 26.0 Å². The largest absolute Gasteiger partial charge is 0.366 e. The van der Waals surface area contributed by atoms with Crippen LogP contribution in [0, 0.1) is 12.7 Å². The molecule has 0 aliphatic rings. The molecular formula is C13H17FO2. The Morgan fingerprint density at radius 1 is 1.44 bits per heavy atom. The summed E-state index contributed by atoms with van der Waals surface area (Å²) < 4.78 is 18.5. The van der Waals surface area contributed by atoms with Gasteiger partial charge in [0.05, 0.1) is 0 Å². The van der Waals surface area contributed by atoms with Crippen LogP contribution in [0.3, 0.4) is 0 Å². The number of hydrogen-bond acceptors (Lipinski definition) is 2. The number of aryl methyl sites for hydroxylation is 1. The van der Waals surface area contributed by atoms with Crippen LogP contribution in [-0.4, -0.2) is 12.4 Å². The molecule has 0 radical (unpaired) electrons. The molecule has 1 atom stereocenters. The number of rotatable bonds is 5. The number of ketones is 1. The van der Waals surface area contributed by atoms with Crippen LogP contribution in [0.2, 0.25) is 0 Å². The van der Waals surface area contributed by atoms with Crippen LogP contribution in [0.25, 0.3) is 0 Å². The van der Waals surface area contributed by atoms with Crippen LogP contribution in [0.4, 0.5) is 4.39 Å². The number of ether oxygens (including phenoxy) is 1. The van der Waals surface area contributed by atoms with Gasteiger partial charge in [-0.1, -0.05) is 19.1 Å². The molecule has 0 bridgehead atoms. The highest BCUT2D eigenvalue weighted by molar-refractivity contribution is 5.84. The first-order chi connectivity index (χ1) is 7.60. The molecule has 88 valence electrons. The maximum absolute atomic E-state index is 13.1. The highest BCUT2D eigenvalue weighted by atomic mass is 19.1. The van der Waals surface area contributed by atoms with Gasteiger partial charge in [0.1, 0.15) is 11.9 Å². The summed E-state index contributed by atoms with van der Waals surface area (Å²) in [5.41, 5.74) is 1.26. The van der Waals surface area contributed by atoms with E-state index in [-0.39, 0.29) is 11.6 Å². The molecule has 0 spiro atoms. The van der Waals surface area contributed by atoms with E-state index in [9.17, 15) is 9.18 Å². The van der Waals surface area contributed by atoms with Crippen molar-refractivity contribution in [1.82, 2.24) is 0 Å². The molecule has 1 rings (SSSR count). The summed E-state index contributed by atoms with van der Waals surface area (Å²) in [5.74, 6) is -0.240. The summed E-state index contributed by atoms with van der Waals surface area (Å²) >= 11 is 0. The fraction of sp³-hybridized carbons (Fsp3) is 0.462. The van der Waals surface area contributed by atoms with Crippen LogP contribution in [0.15, 0.2) is 18.2 Å². The van der Waals surface area contributed by atoms with Crippen LogP contribution in [0.5, 0.6) is 0 Å². The Morgan fingerprint density at radius 3 is 2.62 bits per heavy atom. The first-order valence-electron chi connectivity index (χ1n) is 5.50. The zero-order chi connectivity index (χ0) is 12.1. The third-order valence-corrected chi connectivity index (χ3v) is 2.46. The van der Waals surface area contributed by atoms with E-state index in [2.05, 4.69) is 0 Å². The molecule has 2 nitrogen and oxygen atoms in total. The summed E-state index contributed by atoms with van der Waals surface area (Å²) in [6, 6.07) is 4.65. The molecule has 3 heteroatoms. The smallest absolute Gasteiger partial charge is 0.165 e. The minimum Gasteiger partial charge on any atom is -0.366 e. The van der Waals surface area contributed by atoms with Crippen molar-refractivity contribution in [2.75, 3.05) is 6.61 Å². The summed E-state index contributed by atoms with van der Waals surface area (Å²) in [5, 5.41) is 0. The Morgan fingerprint density at radius 2 is 2.12 bits per heavy atom. The lowest BCUT2D eigenvalue weighted by Crippen LogP contribution is -2.15. The Balaban J connectivity index is 3.01. The molecule has 1 aromatic carbocycles. The molecule has 0 heterocycles. The average Bonchev–Trinajstić information content (AvgIpc) is 2.29. The van der Waals surface area contributed by atoms with Gasteiger partial charge in [0, 0.05) is 13.0 Å². The fourth-order valence-electron chi connectivity index (χ4n) is 1.56. The zero-order valence-corrected chi connectivity index (χ0v) is 9.92. The molecule has 0 aliphatic heterocycles. The number of Topliss-reactive ketones (excluding diaryl/α,β-unsaturated/α-hetero) is 1. The monoisotopic (exact) mass is 224 g/mol. The predicted octanol–water partition coefficient (Wildman–Crippen LogP) is 3.19. The second-order valence-corrected chi connectivity index (χ2v) is 3.66. The topological polar surface area (TPSA) is 26.3 Å². The van der Waals surface area contributed by atoms with Gasteiger partial charge in [-0.15, -0.1) is 0 Å². The minimum atomic E-state index is -0.561. The Labute approximate surface area is 95.4 Å². The Hall–Kier alpha value is -1.22. The summed E-state index contributed by atoms with van der Waals surface area (Å²) in [6.07, 6.45) is -0.143. The third-order valence-electron chi connectivity index (χ3n) is 2.46. The molecular weight excluding hydrogens is 207 g/mol. The van der Waals surface area contributed by atoms with Gasteiger partial charge in [-0.2, -0.15) is 0 Å². The normalized spacial score (nSPS) is 12.5. The van der Waals surface area contributed by atoms with Gasteiger partial charge in [-0.3, -0.25) is 4.79 Å². The SMILES string of the molecule is CCOC(C(=O)CC)c1ccc(F)c(C)c1. The number of benzene rings is 1. The second-order valence-electron chi connectivity index (χ2n) is 3.66.